The van der Waals surface area contributed by atoms with Crippen molar-refractivity contribution >= 4 is 11.8 Å². The van der Waals surface area contributed by atoms with Crippen LogP contribution in [0.4, 0.5) is 0 Å². The molecule has 0 bridgehead atoms. The number of aryl methyl sites for hydroxylation is 1. The summed E-state index contributed by atoms with van der Waals surface area (Å²) >= 11 is 0. The van der Waals surface area contributed by atoms with Crippen LogP contribution < -0.4 is 4.74 Å². The van der Waals surface area contributed by atoms with Gasteiger partial charge in [0.15, 0.2) is 0 Å². The molecule has 0 radical (unpaired) electrons. The maximum atomic E-state index is 12.5. The smallest absolute Gasteiger partial charge is 0.225 e. The minimum Gasteiger partial charge on any atom is -0.497 e. The monoisotopic (exact) mass is 344 g/mol. The molecule has 2 fully saturated rings. The van der Waals surface area contributed by atoms with Crippen LogP contribution in [-0.2, 0) is 16.0 Å². The van der Waals surface area contributed by atoms with Gasteiger partial charge in [-0.3, -0.25) is 9.59 Å². The second kappa shape index (κ2) is 8.37. The molecule has 0 N–H and O–H groups in total. The normalized spacial score (nSPS) is 18.4. The van der Waals surface area contributed by atoms with Crippen molar-refractivity contribution in [2.45, 2.75) is 38.5 Å². The average molecular weight is 344 g/mol. The molecule has 5 nitrogen and oxygen atoms in total. The summed E-state index contributed by atoms with van der Waals surface area (Å²) < 4.78 is 5.15. The largest absolute Gasteiger partial charge is 0.497 e. The topological polar surface area (TPSA) is 49.9 Å². The van der Waals surface area contributed by atoms with E-state index in [0.717, 1.165) is 56.5 Å². The standard InChI is InChI=1S/C20H28N2O3/c1-25-18-7-4-16(5-8-18)6-9-19(23)21-14-10-17(11-15-21)20(24)22-12-2-3-13-22/h4-5,7-8,17H,2-3,6,9-15H2,1H3. The van der Waals surface area contributed by atoms with E-state index in [4.69, 9.17) is 4.74 Å². The van der Waals surface area contributed by atoms with Gasteiger partial charge in [-0.1, -0.05) is 12.1 Å². The molecule has 5 heteroatoms. The minimum absolute atomic E-state index is 0.115. The third-order valence-electron chi connectivity index (χ3n) is 5.40. The first-order valence-corrected chi connectivity index (χ1v) is 9.37. The molecule has 3 rings (SSSR count). The number of piperidine rings is 1. The van der Waals surface area contributed by atoms with E-state index in [1.807, 2.05) is 34.1 Å². The lowest BCUT2D eigenvalue weighted by Crippen LogP contribution is -2.43. The first kappa shape index (κ1) is 17.8. The summed E-state index contributed by atoms with van der Waals surface area (Å²) in [6.45, 7) is 3.26. The van der Waals surface area contributed by atoms with Crippen LogP contribution in [-0.4, -0.2) is 54.9 Å². The molecule has 136 valence electrons. The van der Waals surface area contributed by atoms with Gasteiger partial charge in [0.25, 0.3) is 0 Å². The van der Waals surface area contributed by atoms with Gasteiger partial charge in [0, 0.05) is 38.5 Å². The molecule has 1 aromatic rings. The van der Waals surface area contributed by atoms with E-state index in [0.29, 0.717) is 25.4 Å². The number of carbonyl (C=O) groups excluding carboxylic acids is 2. The van der Waals surface area contributed by atoms with E-state index in [-0.39, 0.29) is 11.8 Å². The van der Waals surface area contributed by atoms with Crippen LogP contribution in [0.3, 0.4) is 0 Å². The second-order valence-corrected chi connectivity index (χ2v) is 7.04. The zero-order valence-corrected chi connectivity index (χ0v) is 15.1. The number of benzene rings is 1. The Hall–Kier alpha value is -2.04. The summed E-state index contributed by atoms with van der Waals surface area (Å²) in [5, 5.41) is 0. The Kier molecular flexibility index (Phi) is 5.95. The fourth-order valence-electron chi connectivity index (χ4n) is 3.77. The molecule has 0 atom stereocenters. The summed E-state index contributed by atoms with van der Waals surface area (Å²) in [5.41, 5.74) is 1.15. The zero-order valence-electron chi connectivity index (χ0n) is 15.1. The molecule has 0 unspecified atom stereocenters. The van der Waals surface area contributed by atoms with Crippen molar-refractivity contribution in [1.82, 2.24) is 9.80 Å². The van der Waals surface area contributed by atoms with Crippen LogP contribution in [0.15, 0.2) is 24.3 Å². The van der Waals surface area contributed by atoms with E-state index >= 15 is 0 Å². The summed E-state index contributed by atoms with van der Waals surface area (Å²) in [6.07, 6.45) is 5.16. The first-order chi connectivity index (χ1) is 12.2. The molecule has 2 heterocycles. The fourth-order valence-corrected chi connectivity index (χ4v) is 3.77. The Labute approximate surface area is 149 Å². The number of hydrogen-bond donors (Lipinski definition) is 0. The molecule has 2 amide bonds. The van der Waals surface area contributed by atoms with Crippen molar-refractivity contribution in [3.05, 3.63) is 29.8 Å². The van der Waals surface area contributed by atoms with Gasteiger partial charge in [-0.15, -0.1) is 0 Å². The molecule has 0 aliphatic carbocycles. The van der Waals surface area contributed by atoms with Crippen molar-refractivity contribution < 1.29 is 14.3 Å². The van der Waals surface area contributed by atoms with Crippen LogP contribution in [0.1, 0.15) is 37.7 Å². The molecule has 0 spiro atoms. The van der Waals surface area contributed by atoms with Crippen molar-refractivity contribution in [2.24, 2.45) is 5.92 Å². The van der Waals surface area contributed by atoms with Gasteiger partial charge in [0.05, 0.1) is 7.11 Å². The highest BCUT2D eigenvalue weighted by Gasteiger charge is 2.30. The van der Waals surface area contributed by atoms with E-state index in [1.165, 1.54) is 0 Å². The highest BCUT2D eigenvalue weighted by atomic mass is 16.5. The van der Waals surface area contributed by atoms with E-state index in [2.05, 4.69) is 0 Å². The highest BCUT2D eigenvalue weighted by molar-refractivity contribution is 5.80. The molecule has 25 heavy (non-hydrogen) atoms. The maximum absolute atomic E-state index is 12.5. The number of amides is 2. The Balaban J connectivity index is 1.42. The number of ether oxygens (including phenoxy) is 1. The fraction of sp³-hybridized carbons (Fsp3) is 0.600. The number of rotatable bonds is 5. The van der Waals surface area contributed by atoms with Crippen LogP contribution in [0, 0.1) is 5.92 Å². The van der Waals surface area contributed by atoms with Gasteiger partial charge >= 0.3 is 0 Å². The molecule has 2 saturated heterocycles. The van der Waals surface area contributed by atoms with Crippen molar-refractivity contribution in [2.75, 3.05) is 33.3 Å². The number of likely N-dealkylation sites (tertiary alicyclic amines) is 2. The quantitative estimate of drug-likeness (QED) is 0.825. The number of methoxy groups -OCH3 is 1. The molecule has 0 saturated carbocycles. The number of nitrogens with zero attached hydrogens (tertiary/aromatic N) is 2. The predicted molar refractivity (Wildman–Crippen MR) is 96.4 cm³/mol. The lowest BCUT2D eigenvalue weighted by Gasteiger charge is -2.33. The van der Waals surface area contributed by atoms with Crippen LogP contribution in [0.5, 0.6) is 5.75 Å². The minimum atomic E-state index is 0.115. The third kappa shape index (κ3) is 4.53. The summed E-state index contributed by atoms with van der Waals surface area (Å²) in [7, 11) is 1.65. The van der Waals surface area contributed by atoms with Gasteiger partial charge in [-0.25, -0.2) is 0 Å². The summed E-state index contributed by atoms with van der Waals surface area (Å²) in [6, 6.07) is 7.87. The Morgan fingerprint density at radius 2 is 1.64 bits per heavy atom. The van der Waals surface area contributed by atoms with E-state index < -0.39 is 0 Å². The van der Waals surface area contributed by atoms with Gasteiger partial charge < -0.3 is 14.5 Å². The van der Waals surface area contributed by atoms with Crippen molar-refractivity contribution in [1.29, 1.82) is 0 Å². The number of carbonyl (C=O) groups is 2. The predicted octanol–water partition coefficient (Wildman–Crippen LogP) is 2.49. The van der Waals surface area contributed by atoms with Crippen LogP contribution in [0.25, 0.3) is 0 Å². The van der Waals surface area contributed by atoms with Gasteiger partial charge in [0.2, 0.25) is 11.8 Å². The molecular formula is C20H28N2O3. The average Bonchev–Trinajstić information content (AvgIpc) is 3.21. The Morgan fingerprint density at radius 3 is 2.24 bits per heavy atom. The first-order valence-electron chi connectivity index (χ1n) is 9.37. The highest BCUT2D eigenvalue weighted by Crippen LogP contribution is 2.23. The van der Waals surface area contributed by atoms with Crippen molar-refractivity contribution in [3.63, 3.8) is 0 Å². The molecule has 0 aromatic heterocycles. The van der Waals surface area contributed by atoms with Crippen LogP contribution in [0.2, 0.25) is 0 Å². The second-order valence-electron chi connectivity index (χ2n) is 7.04. The Morgan fingerprint density at radius 1 is 1.00 bits per heavy atom. The zero-order chi connectivity index (χ0) is 17.6. The number of hydrogen-bond acceptors (Lipinski definition) is 3. The molecule has 2 aliphatic heterocycles. The van der Waals surface area contributed by atoms with E-state index in [1.54, 1.807) is 7.11 Å². The lowest BCUT2D eigenvalue weighted by molar-refractivity contribution is -0.140. The third-order valence-corrected chi connectivity index (χ3v) is 5.40. The molecule has 1 aromatic carbocycles. The van der Waals surface area contributed by atoms with Crippen molar-refractivity contribution in [3.8, 4) is 5.75 Å². The molecular weight excluding hydrogens is 316 g/mol. The summed E-state index contributed by atoms with van der Waals surface area (Å²) in [4.78, 5) is 28.8. The summed E-state index contributed by atoms with van der Waals surface area (Å²) in [5.74, 6) is 1.45. The Bertz CT molecular complexity index is 585. The van der Waals surface area contributed by atoms with Gasteiger partial charge in [-0.05, 0) is 49.8 Å². The van der Waals surface area contributed by atoms with Gasteiger partial charge in [-0.2, -0.15) is 0 Å². The van der Waals surface area contributed by atoms with Gasteiger partial charge in [0.1, 0.15) is 5.75 Å². The maximum Gasteiger partial charge on any atom is 0.225 e. The van der Waals surface area contributed by atoms with Crippen LogP contribution >= 0.6 is 0 Å². The molecule has 2 aliphatic rings. The SMILES string of the molecule is COc1ccc(CCC(=O)N2CCC(C(=O)N3CCCC3)CC2)cc1. The lowest BCUT2D eigenvalue weighted by atomic mass is 9.95. The van der Waals surface area contributed by atoms with E-state index in [9.17, 15) is 9.59 Å².